The maximum atomic E-state index is 9.52. The molecule has 0 unspecified atom stereocenters. The number of aliphatic hydroxyl groups excluding tert-OH is 1. The minimum Gasteiger partial charge on any atom is -0.491 e. The number of ether oxygens (including phenoxy) is 2. The molecule has 2 aliphatic heterocycles. The Morgan fingerprint density at radius 1 is 1.12 bits per heavy atom. The number of nitrogens with zero attached hydrogens (tertiary/aromatic N) is 3. The molecule has 3 aliphatic rings. The lowest BCUT2D eigenvalue weighted by Crippen LogP contribution is -2.32. The topological polar surface area (TPSA) is 95.4 Å². The summed E-state index contributed by atoms with van der Waals surface area (Å²) in [6.45, 7) is 0.882. The lowest BCUT2D eigenvalue weighted by Gasteiger charge is -2.28. The minimum atomic E-state index is -0.0949. The first-order valence-electron chi connectivity index (χ1n) is 12.3. The van der Waals surface area contributed by atoms with Crippen molar-refractivity contribution in [1.82, 2.24) is 14.5 Å². The van der Waals surface area contributed by atoms with E-state index in [1.165, 1.54) is 0 Å². The monoisotopic (exact) mass is 448 g/mol. The number of hydrogen-bond acceptors (Lipinski definition) is 6. The van der Waals surface area contributed by atoms with Crippen LogP contribution in [-0.4, -0.2) is 44.6 Å². The first kappa shape index (κ1) is 20.9. The van der Waals surface area contributed by atoms with Crippen LogP contribution in [0.4, 0.5) is 5.82 Å². The second-order valence-electron chi connectivity index (χ2n) is 10.1. The van der Waals surface area contributed by atoms with Crippen molar-refractivity contribution in [3.05, 3.63) is 36.8 Å². The number of fused-ring (bicyclic) bond motifs is 3. The average Bonchev–Trinajstić information content (AvgIpc) is 3.57. The maximum Gasteiger partial charge on any atom is 0.146 e. The molecule has 2 aromatic heterocycles. The van der Waals surface area contributed by atoms with E-state index in [-0.39, 0.29) is 12.2 Å². The molecule has 1 saturated carbocycles. The average molecular weight is 449 g/mol. The fourth-order valence-corrected chi connectivity index (χ4v) is 6.06. The molecule has 0 radical (unpaired) electrons. The van der Waals surface area contributed by atoms with E-state index < -0.39 is 0 Å². The van der Waals surface area contributed by atoms with E-state index in [1.54, 1.807) is 6.33 Å². The van der Waals surface area contributed by atoms with Crippen LogP contribution in [0.1, 0.15) is 57.4 Å². The van der Waals surface area contributed by atoms with Gasteiger partial charge in [0, 0.05) is 24.4 Å². The molecule has 1 aliphatic carbocycles. The Morgan fingerprint density at radius 2 is 1.94 bits per heavy atom. The van der Waals surface area contributed by atoms with Gasteiger partial charge in [0.1, 0.15) is 35.7 Å². The summed E-state index contributed by atoms with van der Waals surface area (Å²) in [6, 6.07) is 8.58. The van der Waals surface area contributed by atoms with Crippen LogP contribution in [0.2, 0.25) is 0 Å². The minimum absolute atomic E-state index is 0.0949. The number of nitrogens with two attached hydrogens (primary N) is 1. The molecule has 0 atom stereocenters. The molecule has 0 amide bonds. The summed E-state index contributed by atoms with van der Waals surface area (Å²) in [5.41, 5.74) is 9.23. The van der Waals surface area contributed by atoms with E-state index in [4.69, 9.17) is 15.2 Å². The van der Waals surface area contributed by atoms with E-state index in [0.717, 1.165) is 79.3 Å². The molecule has 2 bridgehead atoms. The van der Waals surface area contributed by atoms with Crippen molar-refractivity contribution in [3.63, 3.8) is 0 Å². The normalized spacial score (nSPS) is 29.1. The van der Waals surface area contributed by atoms with Gasteiger partial charge in [-0.25, -0.2) is 9.97 Å². The summed E-state index contributed by atoms with van der Waals surface area (Å²) in [5, 5.41) is 10.4. The van der Waals surface area contributed by atoms with Crippen molar-refractivity contribution in [2.75, 3.05) is 18.9 Å². The second kappa shape index (κ2) is 8.29. The summed E-state index contributed by atoms with van der Waals surface area (Å²) in [6.07, 6.45) is 12.8. The lowest BCUT2D eigenvalue weighted by atomic mass is 9.86. The predicted molar refractivity (Wildman–Crippen MR) is 127 cm³/mol. The number of benzene rings is 1. The van der Waals surface area contributed by atoms with Crippen molar-refractivity contribution in [2.45, 2.75) is 69.1 Å². The van der Waals surface area contributed by atoms with Crippen molar-refractivity contribution in [2.24, 2.45) is 5.92 Å². The smallest absolute Gasteiger partial charge is 0.146 e. The zero-order chi connectivity index (χ0) is 22.4. The Labute approximate surface area is 193 Å². The van der Waals surface area contributed by atoms with Gasteiger partial charge in [0.25, 0.3) is 0 Å². The number of aromatic nitrogens is 3. The standard InChI is InChI=1S/C26H32N4O3/c27-24-23-22(13-30(25(23)29-16-28-24)19-6-4-17(14-31)5-7-19)18-2-1-3-21(12-18)32-15-26-10-8-20(33-26)9-11-26/h1-3,12-13,16-17,19-20,31H,4-11,14-15H2,(H2,27,28,29). The molecule has 3 aromatic rings. The largest absolute Gasteiger partial charge is 0.491 e. The van der Waals surface area contributed by atoms with Crippen LogP contribution < -0.4 is 10.5 Å². The third kappa shape index (κ3) is 3.77. The van der Waals surface area contributed by atoms with Crippen LogP contribution >= 0.6 is 0 Å². The Balaban J connectivity index is 1.31. The lowest BCUT2D eigenvalue weighted by molar-refractivity contribution is -0.0198. The third-order valence-corrected chi connectivity index (χ3v) is 8.01. The van der Waals surface area contributed by atoms with Crippen LogP contribution in [0.15, 0.2) is 36.8 Å². The maximum absolute atomic E-state index is 9.52. The summed E-state index contributed by atoms with van der Waals surface area (Å²) < 4.78 is 14.7. The highest BCUT2D eigenvalue weighted by Crippen LogP contribution is 2.44. The van der Waals surface area contributed by atoms with Gasteiger partial charge in [-0.15, -0.1) is 0 Å². The van der Waals surface area contributed by atoms with Gasteiger partial charge in [-0.3, -0.25) is 0 Å². The molecule has 174 valence electrons. The molecule has 2 saturated heterocycles. The van der Waals surface area contributed by atoms with E-state index in [9.17, 15) is 5.11 Å². The van der Waals surface area contributed by atoms with Gasteiger partial charge in [-0.05, 0) is 75.0 Å². The molecule has 7 nitrogen and oxygen atoms in total. The zero-order valence-electron chi connectivity index (χ0n) is 18.9. The highest BCUT2D eigenvalue weighted by atomic mass is 16.6. The second-order valence-corrected chi connectivity index (χ2v) is 10.1. The molecule has 1 aromatic carbocycles. The summed E-state index contributed by atoms with van der Waals surface area (Å²) >= 11 is 0. The van der Waals surface area contributed by atoms with E-state index >= 15 is 0 Å². The molecular weight excluding hydrogens is 416 g/mol. The molecule has 33 heavy (non-hydrogen) atoms. The highest BCUT2D eigenvalue weighted by molar-refractivity contribution is 6.00. The number of nitrogen functional groups attached to an aromatic ring is 1. The van der Waals surface area contributed by atoms with Gasteiger partial charge in [-0.1, -0.05) is 12.1 Å². The molecule has 6 rings (SSSR count). The van der Waals surface area contributed by atoms with Crippen LogP contribution in [0.3, 0.4) is 0 Å². The van der Waals surface area contributed by atoms with E-state index in [2.05, 4.69) is 32.9 Å². The summed E-state index contributed by atoms with van der Waals surface area (Å²) in [4.78, 5) is 8.90. The molecule has 3 N–H and O–H groups in total. The zero-order valence-corrected chi connectivity index (χ0v) is 18.9. The highest BCUT2D eigenvalue weighted by Gasteiger charge is 2.46. The van der Waals surface area contributed by atoms with Gasteiger partial charge in [0.2, 0.25) is 0 Å². The van der Waals surface area contributed by atoms with Gasteiger partial charge >= 0.3 is 0 Å². The van der Waals surface area contributed by atoms with Gasteiger partial charge < -0.3 is 24.9 Å². The van der Waals surface area contributed by atoms with Crippen LogP contribution in [-0.2, 0) is 4.74 Å². The Morgan fingerprint density at radius 3 is 2.67 bits per heavy atom. The molecule has 0 spiro atoms. The Kier molecular flexibility index (Phi) is 5.26. The first-order chi connectivity index (χ1) is 16.1. The molecular formula is C26H32N4O3. The fourth-order valence-electron chi connectivity index (χ4n) is 6.06. The van der Waals surface area contributed by atoms with Gasteiger partial charge in [-0.2, -0.15) is 0 Å². The number of aliphatic hydroxyl groups is 1. The quantitative estimate of drug-likeness (QED) is 0.577. The fraction of sp³-hybridized carbons (Fsp3) is 0.538. The van der Waals surface area contributed by atoms with E-state index in [0.29, 0.717) is 30.5 Å². The van der Waals surface area contributed by atoms with Crippen molar-refractivity contribution in [1.29, 1.82) is 0 Å². The molecule has 4 heterocycles. The SMILES string of the molecule is Nc1ncnc2c1c(-c1cccc(OCC34CCC(CC3)O4)c1)cn2C1CCC(CO)CC1. The van der Waals surface area contributed by atoms with Crippen LogP contribution in [0, 0.1) is 5.92 Å². The van der Waals surface area contributed by atoms with Gasteiger partial charge in [0.15, 0.2) is 0 Å². The summed E-state index contributed by atoms with van der Waals surface area (Å²) in [5.74, 6) is 1.76. The molecule has 7 heteroatoms. The number of anilines is 1. The van der Waals surface area contributed by atoms with Crippen LogP contribution in [0.5, 0.6) is 5.75 Å². The van der Waals surface area contributed by atoms with Crippen molar-refractivity contribution in [3.8, 4) is 16.9 Å². The Bertz CT molecular complexity index is 1140. The van der Waals surface area contributed by atoms with Crippen molar-refractivity contribution < 1.29 is 14.6 Å². The van der Waals surface area contributed by atoms with Crippen LogP contribution in [0.25, 0.3) is 22.2 Å². The molecule has 3 fully saturated rings. The predicted octanol–water partition coefficient (Wildman–Crippen LogP) is 4.49. The number of hydrogen-bond donors (Lipinski definition) is 2. The van der Waals surface area contributed by atoms with E-state index in [1.807, 2.05) is 12.1 Å². The first-order valence-corrected chi connectivity index (χ1v) is 12.3. The van der Waals surface area contributed by atoms with Crippen molar-refractivity contribution >= 4 is 16.9 Å². The third-order valence-electron chi connectivity index (χ3n) is 8.01. The van der Waals surface area contributed by atoms with Gasteiger partial charge in [0.05, 0.1) is 11.5 Å². The summed E-state index contributed by atoms with van der Waals surface area (Å²) in [7, 11) is 0. The number of rotatable bonds is 6. The Hall–Kier alpha value is -2.64.